The van der Waals surface area contributed by atoms with E-state index in [1.807, 2.05) is 19.9 Å². The lowest BCUT2D eigenvalue weighted by Gasteiger charge is -2.49. The first-order chi connectivity index (χ1) is 15.2. The summed E-state index contributed by atoms with van der Waals surface area (Å²) in [6.45, 7) is 6.13. The molecule has 3 aliphatic carbocycles. The van der Waals surface area contributed by atoms with E-state index >= 15 is 0 Å². The molecule has 2 heterocycles. The standard InChI is InChI=1S/C23H33N7O2/c1-12-6-14-8-15(11-23(3,32)10-14)20(12)28-22-25-17(21(31)24-16-4-5-16)9-18(27-22)26-19-7-13(2)29-30-19/h7,9,12,14-16,20,32H,4-6,8,10-11H2,1-3H3,(H,24,31)(H3,25,26,27,28,29,30). The number of nitrogens with zero attached hydrogens (tertiary/aromatic N) is 3. The fourth-order valence-corrected chi connectivity index (χ4v) is 5.66. The van der Waals surface area contributed by atoms with Gasteiger partial charge in [0.2, 0.25) is 5.95 Å². The maximum Gasteiger partial charge on any atom is 0.270 e. The Hall–Kier alpha value is -2.68. The smallest absolute Gasteiger partial charge is 0.270 e. The fourth-order valence-electron chi connectivity index (χ4n) is 5.66. The van der Waals surface area contributed by atoms with Gasteiger partial charge in [0.05, 0.1) is 5.60 Å². The predicted octanol–water partition coefficient (Wildman–Crippen LogP) is 3.13. The highest BCUT2D eigenvalue weighted by Crippen LogP contribution is 2.47. The number of anilines is 3. The Labute approximate surface area is 188 Å². The molecule has 0 radical (unpaired) electrons. The van der Waals surface area contributed by atoms with Gasteiger partial charge in [-0.2, -0.15) is 10.1 Å². The van der Waals surface area contributed by atoms with E-state index in [0.717, 1.165) is 44.2 Å². The summed E-state index contributed by atoms with van der Waals surface area (Å²) in [5, 5.41) is 27.6. The van der Waals surface area contributed by atoms with Gasteiger partial charge in [-0.25, -0.2) is 4.98 Å². The summed E-state index contributed by atoms with van der Waals surface area (Å²) in [6.07, 6.45) is 5.86. The molecule has 3 saturated carbocycles. The molecule has 9 nitrogen and oxygen atoms in total. The molecule has 5 N–H and O–H groups in total. The summed E-state index contributed by atoms with van der Waals surface area (Å²) < 4.78 is 0. The molecule has 2 bridgehead atoms. The number of carbonyl (C=O) groups excluding carboxylic acids is 1. The van der Waals surface area contributed by atoms with Crippen LogP contribution in [0, 0.1) is 24.7 Å². The monoisotopic (exact) mass is 439 g/mol. The molecule has 1 amide bonds. The van der Waals surface area contributed by atoms with Crippen molar-refractivity contribution in [2.75, 3.05) is 10.6 Å². The third-order valence-electron chi connectivity index (χ3n) is 7.02. The SMILES string of the molecule is Cc1cc(Nc2cc(C(=O)NC3CC3)nc(NC3C(C)CC4CC3CC(C)(O)C4)n2)n[nH]1. The summed E-state index contributed by atoms with van der Waals surface area (Å²) in [5.41, 5.74) is 0.646. The van der Waals surface area contributed by atoms with E-state index in [1.165, 1.54) is 0 Å². The van der Waals surface area contributed by atoms with Crippen molar-refractivity contribution in [2.45, 2.75) is 77.0 Å². The maximum absolute atomic E-state index is 12.8. The number of fused-ring (bicyclic) bond motifs is 2. The molecule has 5 atom stereocenters. The first-order valence-corrected chi connectivity index (χ1v) is 11.7. The molecule has 9 heteroatoms. The fraction of sp³-hybridized carbons (Fsp3) is 0.652. The lowest BCUT2D eigenvalue weighted by atomic mass is 9.61. The third-order valence-corrected chi connectivity index (χ3v) is 7.02. The zero-order chi connectivity index (χ0) is 22.5. The minimum atomic E-state index is -0.620. The normalized spacial score (nSPS) is 31.8. The second-order valence-electron chi connectivity index (χ2n) is 10.4. The quantitative estimate of drug-likeness (QED) is 0.468. The van der Waals surface area contributed by atoms with E-state index in [-0.39, 0.29) is 18.0 Å². The van der Waals surface area contributed by atoms with E-state index in [9.17, 15) is 9.90 Å². The highest BCUT2D eigenvalue weighted by atomic mass is 16.3. The Balaban J connectivity index is 1.41. The van der Waals surface area contributed by atoms with Crippen molar-refractivity contribution in [3.8, 4) is 0 Å². The van der Waals surface area contributed by atoms with Crippen molar-refractivity contribution < 1.29 is 9.90 Å². The molecule has 0 aliphatic heterocycles. The van der Waals surface area contributed by atoms with Crippen LogP contribution in [0.3, 0.4) is 0 Å². The molecule has 5 unspecified atom stereocenters. The van der Waals surface area contributed by atoms with Crippen molar-refractivity contribution in [1.29, 1.82) is 0 Å². The average Bonchev–Trinajstić information content (AvgIpc) is 3.43. The second kappa shape index (κ2) is 8.03. The summed E-state index contributed by atoms with van der Waals surface area (Å²) in [6, 6.07) is 3.95. The van der Waals surface area contributed by atoms with Gasteiger partial charge in [0.15, 0.2) is 5.82 Å². The molecule has 0 aromatic carbocycles. The van der Waals surface area contributed by atoms with Crippen molar-refractivity contribution in [3.63, 3.8) is 0 Å². The van der Waals surface area contributed by atoms with E-state index in [2.05, 4.69) is 43.0 Å². The van der Waals surface area contributed by atoms with E-state index in [1.54, 1.807) is 6.07 Å². The van der Waals surface area contributed by atoms with E-state index < -0.39 is 5.60 Å². The van der Waals surface area contributed by atoms with Gasteiger partial charge in [-0.05, 0) is 70.1 Å². The molecule has 3 aliphatic rings. The first-order valence-electron chi connectivity index (χ1n) is 11.7. The lowest BCUT2D eigenvalue weighted by molar-refractivity contribution is -0.0502. The van der Waals surface area contributed by atoms with Gasteiger partial charge in [-0.3, -0.25) is 9.89 Å². The zero-order valence-electron chi connectivity index (χ0n) is 19.0. The van der Waals surface area contributed by atoms with E-state index in [0.29, 0.717) is 41.0 Å². The van der Waals surface area contributed by atoms with Crippen LogP contribution in [0.25, 0.3) is 0 Å². The lowest BCUT2D eigenvalue weighted by Crippen LogP contribution is -2.50. The number of aromatic amines is 1. The molecular formula is C23H33N7O2. The number of hydrogen-bond acceptors (Lipinski definition) is 7. The van der Waals surface area contributed by atoms with Crippen LogP contribution in [-0.4, -0.2) is 48.9 Å². The summed E-state index contributed by atoms with van der Waals surface area (Å²) in [7, 11) is 0. The average molecular weight is 440 g/mol. The van der Waals surface area contributed by atoms with Crippen LogP contribution in [0.5, 0.6) is 0 Å². The number of carbonyl (C=O) groups is 1. The molecular weight excluding hydrogens is 406 g/mol. The van der Waals surface area contributed by atoms with Crippen LogP contribution in [-0.2, 0) is 0 Å². The summed E-state index contributed by atoms with van der Waals surface area (Å²) in [5.74, 6) is 2.76. The van der Waals surface area contributed by atoms with Gasteiger partial charge in [0.1, 0.15) is 11.5 Å². The van der Waals surface area contributed by atoms with Crippen molar-refractivity contribution in [1.82, 2.24) is 25.5 Å². The molecule has 32 heavy (non-hydrogen) atoms. The van der Waals surface area contributed by atoms with Crippen LogP contribution in [0.1, 0.15) is 68.6 Å². The topological polar surface area (TPSA) is 128 Å². The zero-order valence-corrected chi connectivity index (χ0v) is 19.0. The number of aromatic nitrogens is 4. The molecule has 2 aromatic rings. The van der Waals surface area contributed by atoms with Crippen molar-refractivity contribution in [2.24, 2.45) is 17.8 Å². The Kier molecular flexibility index (Phi) is 5.31. The molecule has 0 saturated heterocycles. The predicted molar refractivity (Wildman–Crippen MR) is 122 cm³/mol. The number of aryl methyl sites for hydroxylation is 1. The van der Waals surface area contributed by atoms with Gasteiger partial charge in [0, 0.05) is 29.9 Å². The molecule has 0 spiro atoms. The van der Waals surface area contributed by atoms with Crippen LogP contribution in [0.2, 0.25) is 0 Å². The molecule has 172 valence electrons. The van der Waals surface area contributed by atoms with Crippen LogP contribution < -0.4 is 16.0 Å². The number of H-pyrrole nitrogens is 1. The summed E-state index contributed by atoms with van der Waals surface area (Å²) in [4.78, 5) is 22.0. The van der Waals surface area contributed by atoms with Gasteiger partial charge < -0.3 is 21.1 Å². The number of amides is 1. The molecule has 5 rings (SSSR count). The largest absolute Gasteiger partial charge is 0.390 e. The van der Waals surface area contributed by atoms with Crippen LogP contribution in [0.4, 0.5) is 17.6 Å². The first kappa shape index (κ1) is 21.2. The molecule has 3 fully saturated rings. The highest BCUT2D eigenvalue weighted by molar-refractivity contribution is 5.93. The van der Waals surface area contributed by atoms with Gasteiger partial charge in [0.25, 0.3) is 5.91 Å². The van der Waals surface area contributed by atoms with Gasteiger partial charge in [-0.1, -0.05) is 6.92 Å². The Morgan fingerprint density at radius 2 is 2.00 bits per heavy atom. The van der Waals surface area contributed by atoms with Crippen molar-refractivity contribution in [3.05, 3.63) is 23.5 Å². The number of aliphatic hydroxyl groups is 1. The Morgan fingerprint density at radius 3 is 2.72 bits per heavy atom. The Bertz CT molecular complexity index is 998. The van der Waals surface area contributed by atoms with Crippen LogP contribution >= 0.6 is 0 Å². The Morgan fingerprint density at radius 1 is 1.19 bits per heavy atom. The van der Waals surface area contributed by atoms with Crippen molar-refractivity contribution >= 4 is 23.5 Å². The molecule has 2 aromatic heterocycles. The van der Waals surface area contributed by atoms with Gasteiger partial charge >= 0.3 is 0 Å². The maximum atomic E-state index is 12.8. The van der Waals surface area contributed by atoms with Crippen LogP contribution in [0.15, 0.2) is 12.1 Å². The van der Waals surface area contributed by atoms with E-state index in [4.69, 9.17) is 0 Å². The number of nitrogens with one attached hydrogen (secondary N) is 4. The number of hydrogen-bond donors (Lipinski definition) is 5. The minimum Gasteiger partial charge on any atom is -0.390 e. The third kappa shape index (κ3) is 4.72. The second-order valence-corrected chi connectivity index (χ2v) is 10.4. The summed E-state index contributed by atoms with van der Waals surface area (Å²) >= 11 is 0. The van der Waals surface area contributed by atoms with Gasteiger partial charge in [-0.15, -0.1) is 0 Å². The number of rotatable bonds is 6. The highest BCUT2D eigenvalue weighted by Gasteiger charge is 2.45. The minimum absolute atomic E-state index is 0.153.